The van der Waals surface area contributed by atoms with Crippen molar-refractivity contribution in [2.24, 2.45) is 0 Å². The molecule has 0 radical (unpaired) electrons. The summed E-state index contributed by atoms with van der Waals surface area (Å²) >= 11 is 0. The molecule has 0 spiro atoms. The van der Waals surface area contributed by atoms with Crippen molar-refractivity contribution in [1.82, 2.24) is 9.78 Å². The van der Waals surface area contributed by atoms with E-state index in [1.54, 1.807) is 20.0 Å². The van der Waals surface area contributed by atoms with Crippen LogP contribution >= 0.6 is 0 Å². The number of hydrogen-bond donors (Lipinski definition) is 1. The van der Waals surface area contributed by atoms with Gasteiger partial charge in [-0.25, -0.2) is 4.79 Å². The van der Waals surface area contributed by atoms with E-state index in [-0.39, 0.29) is 5.97 Å². The summed E-state index contributed by atoms with van der Waals surface area (Å²) in [5.41, 5.74) is 5.99. The Morgan fingerprint density at radius 3 is 3.00 bits per heavy atom. The van der Waals surface area contributed by atoms with E-state index in [1.807, 2.05) is 0 Å². The van der Waals surface area contributed by atoms with Gasteiger partial charge in [0.1, 0.15) is 6.04 Å². The van der Waals surface area contributed by atoms with Crippen LogP contribution in [0.5, 0.6) is 0 Å². The Morgan fingerprint density at radius 1 is 1.85 bits per heavy atom. The van der Waals surface area contributed by atoms with Crippen molar-refractivity contribution in [3.8, 4) is 0 Å². The summed E-state index contributed by atoms with van der Waals surface area (Å²) in [6.07, 6.45) is 3.09. The van der Waals surface area contributed by atoms with Crippen LogP contribution in [-0.2, 0) is 9.53 Å². The Kier molecular flexibility index (Phi) is 2.89. The molecule has 0 aliphatic heterocycles. The molecule has 0 aromatic carbocycles. The fourth-order valence-corrected chi connectivity index (χ4v) is 0.935. The summed E-state index contributed by atoms with van der Waals surface area (Å²) in [5, 5.41) is 3.91. The summed E-state index contributed by atoms with van der Waals surface area (Å²) in [7, 11) is 0. The van der Waals surface area contributed by atoms with Crippen molar-refractivity contribution in [2.45, 2.75) is 19.9 Å². The molecule has 1 atom stereocenters. The van der Waals surface area contributed by atoms with Gasteiger partial charge >= 0.3 is 5.97 Å². The van der Waals surface area contributed by atoms with Gasteiger partial charge < -0.3 is 10.5 Å². The van der Waals surface area contributed by atoms with Crippen molar-refractivity contribution >= 4 is 11.7 Å². The van der Waals surface area contributed by atoms with Crippen LogP contribution in [0.15, 0.2) is 12.4 Å². The van der Waals surface area contributed by atoms with Crippen molar-refractivity contribution in [1.29, 1.82) is 0 Å². The fraction of sp³-hybridized carbons (Fsp3) is 0.500. The summed E-state index contributed by atoms with van der Waals surface area (Å²) in [6, 6.07) is -0.419. The first-order valence-electron chi connectivity index (χ1n) is 4.11. The normalized spacial score (nSPS) is 12.5. The maximum Gasteiger partial charge on any atom is 0.330 e. The maximum atomic E-state index is 11.2. The van der Waals surface area contributed by atoms with E-state index < -0.39 is 6.04 Å². The number of nitrogens with zero attached hydrogens (tertiary/aromatic N) is 2. The minimum atomic E-state index is -0.419. The molecule has 0 aliphatic carbocycles. The molecule has 1 heterocycles. The van der Waals surface area contributed by atoms with Crippen LogP contribution in [0.25, 0.3) is 0 Å². The van der Waals surface area contributed by atoms with Crippen molar-refractivity contribution in [3.05, 3.63) is 12.4 Å². The monoisotopic (exact) mass is 183 g/mol. The highest BCUT2D eigenvalue weighted by Gasteiger charge is 2.16. The second-order valence-corrected chi connectivity index (χ2v) is 2.68. The number of rotatable bonds is 3. The van der Waals surface area contributed by atoms with Crippen LogP contribution in [0.4, 0.5) is 5.69 Å². The Bertz CT molecular complexity index is 295. The van der Waals surface area contributed by atoms with Crippen LogP contribution in [0.1, 0.15) is 19.9 Å². The molecule has 0 bridgehead atoms. The van der Waals surface area contributed by atoms with E-state index in [2.05, 4.69) is 5.10 Å². The Hall–Kier alpha value is -1.52. The highest BCUT2D eigenvalue weighted by atomic mass is 16.5. The first kappa shape index (κ1) is 9.57. The molecule has 1 aromatic rings. The van der Waals surface area contributed by atoms with Gasteiger partial charge in [-0.2, -0.15) is 5.10 Å². The minimum Gasteiger partial charge on any atom is -0.464 e. The maximum absolute atomic E-state index is 11.2. The molecule has 5 heteroatoms. The molecule has 5 nitrogen and oxygen atoms in total. The molecule has 0 fully saturated rings. The van der Waals surface area contributed by atoms with E-state index in [0.29, 0.717) is 12.3 Å². The molecule has 2 N–H and O–H groups in total. The fourth-order valence-electron chi connectivity index (χ4n) is 0.935. The molecule has 0 aliphatic rings. The second kappa shape index (κ2) is 3.93. The van der Waals surface area contributed by atoms with Gasteiger partial charge in [-0.15, -0.1) is 0 Å². The molecule has 1 rings (SSSR count). The molecule has 0 unspecified atom stereocenters. The number of aromatic nitrogens is 2. The van der Waals surface area contributed by atoms with Gasteiger partial charge in [-0.3, -0.25) is 4.68 Å². The van der Waals surface area contributed by atoms with Crippen molar-refractivity contribution in [2.75, 3.05) is 12.3 Å². The number of carbonyl (C=O) groups excluding carboxylic acids is 1. The summed E-state index contributed by atoms with van der Waals surface area (Å²) in [4.78, 5) is 11.2. The molecule has 0 amide bonds. The SMILES string of the molecule is CCOC(=O)[C@H](C)n1cc(N)cn1. The number of carbonyl (C=O) groups is 1. The van der Waals surface area contributed by atoms with Crippen LogP contribution in [0, 0.1) is 0 Å². The third-order valence-electron chi connectivity index (χ3n) is 1.65. The Morgan fingerprint density at radius 2 is 2.54 bits per heavy atom. The third kappa shape index (κ3) is 2.21. The molecule has 1 aromatic heterocycles. The van der Waals surface area contributed by atoms with E-state index in [0.717, 1.165) is 0 Å². The van der Waals surface area contributed by atoms with E-state index in [9.17, 15) is 4.79 Å². The van der Waals surface area contributed by atoms with Gasteiger partial charge in [0.05, 0.1) is 18.5 Å². The van der Waals surface area contributed by atoms with Crippen LogP contribution in [0.3, 0.4) is 0 Å². The van der Waals surface area contributed by atoms with Gasteiger partial charge in [0.25, 0.3) is 0 Å². The number of nitrogens with two attached hydrogens (primary N) is 1. The van der Waals surface area contributed by atoms with E-state index in [4.69, 9.17) is 10.5 Å². The number of ether oxygens (including phenoxy) is 1. The van der Waals surface area contributed by atoms with Crippen LogP contribution in [-0.4, -0.2) is 22.4 Å². The second-order valence-electron chi connectivity index (χ2n) is 2.68. The number of esters is 1. The zero-order valence-corrected chi connectivity index (χ0v) is 7.73. The number of anilines is 1. The number of nitrogen functional groups attached to an aromatic ring is 1. The Labute approximate surface area is 76.5 Å². The van der Waals surface area contributed by atoms with Crippen LogP contribution < -0.4 is 5.73 Å². The zero-order valence-electron chi connectivity index (χ0n) is 7.73. The lowest BCUT2D eigenvalue weighted by atomic mass is 10.3. The summed E-state index contributed by atoms with van der Waals surface area (Å²) < 4.78 is 6.31. The summed E-state index contributed by atoms with van der Waals surface area (Å²) in [6.45, 7) is 3.85. The first-order chi connectivity index (χ1) is 6.15. The molecule has 13 heavy (non-hydrogen) atoms. The average molecular weight is 183 g/mol. The van der Waals surface area contributed by atoms with Gasteiger partial charge in [-0.05, 0) is 13.8 Å². The molecular weight excluding hydrogens is 170 g/mol. The highest BCUT2D eigenvalue weighted by Crippen LogP contribution is 2.08. The smallest absolute Gasteiger partial charge is 0.330 e. The predicted octanol–water partition coefficient (Wildman–Crippen LogP) is 0.589. The molecule has 72 valence electrons. The molecular formula is C8H13N3O2. The van der Waals surface area contributed by atoms with Crippen molar-refractivity contribution in [3.63, 3.8) is 0 Å². The van der Waals surface area contributed by atoms with Crippen LogP contribution in [0.2, 0.25) is 0 Å². The van der Waals surface area contributed by atoms with Gasteiger partial charge in [0.2, 0.25) is 0 Å². The lowest BCUT2D eigenvalue weighted by Gasteiger charge is -2.09. The van der Waals surface area contributed by atoms with Gasteiger partial charge in [-0.1, -0.05) is 0 Å². The lowest BCUT2D eigenvalue weighted by molar-refractivity contribution is -0.146. The topological polar surface area (TPSA) is 70.1 Å². The zero-order chi connectivity index (χ0) is 9.84. The van der Waals surface area contributed by atoms with Gasteiger partial charge in [0, 0.05) is 6.20 Å². The summed E-state index contributed by atoms with van der Waals surface area (Å²) in [5.74, 6) is -0.300. The number of hydrogen-bond acceptors (Lipinski definition) is 4. The minimum absolute atomic E-state index is 0.300. The average Bonchev–Trinajstić information content (AvgIpc) is 2.51. The first-order valence-corrected chi connectivity index (χ1v) is 4.11. The standard InChI is InChI=1S/C8H13N3O2/c1-3-13-8(12)6(2)11-5-7(9)4-10-11/h4-6H,3,9H2,1-2H3/t6-/m0/s1. The predicted molar refractivity (Wildman–Crippen MR) is 48.0 cm³/mol. The van der Waals surface area contributed by atoms with E-state index in [1.165, 1.54) is 10.9 Å². The van der Waals surface area contributed by atoms with Crippen molar-refractivity contribution < 1.29 is 9.53 Å². The largest absolute Gasteiger partial charge is 0.464 e. The molecule has 0 saturated carbocycles. The third-order valence-corrected chi connectivity index (χ3v) is 1.65. The Balaban J connectivity index is 2.67. The van der Waals surface area contributed by atoms with Gasteiger partial charge in [0.15, 0.2) is 0 Å². The molecule has 0 saturated heterocycles. The quantitative estimate of drug-likeness (QED) is 0.696. The lowest BCUT2D eigenvalue weighted by Crippen LogP contribution is -2.19. The highest BCUT2D eigenvalue weighted by molar-refractivity contribution is 5.73. The van der Waals surface area contributed by atoms with E-state index >= 15 is 0 Å².